The zero-order valence-electron chi connectivity index (χ0n) is 16.9. The van der Waals surface area contributed by atoms with Crippen LogP contribution in [0.15, 0.2) is 53.7 Å². The van der Waals surface area contributed by atoms with Crippen molar-refractivity contribution in [2.24, 2.45) is 0 Å². The molecule has 0 saturated carbocycles. The molecule has 3 aromatic rings. The van der Waals surface area contributed by atoms with Crippen LogP contribution in [0.3, 0.4) is 0 Å². The maximum absolute atomic E-state index is 11.3. The van der Waals surface area contributed by atoms with E-state index in [9.17, 15) is 14.9 Å². The van der Waals surface area contributed by atoms with E-state index in [0.717, 1.165) is 5.56 Å². The maximum Gasteiger partial charge on any atom is 0.308 e. The van der Waals surface area contributed by atoms with Gasteiger partial charge in [-0.25, -0.2) is 9.97 Å². The molecule has 8 nitrogen and oxygen atoms in total. The molecule has 0 saturated heterocycles. The van der Waals surface area contributed by atoms with E-state index in [0.29, 0.717) is 33.6 Å². The molecule has 2 aromatic carbocycles. The third kappa shape index (κ3) is 5.58. The molecular formula is C22H19N5O3S. The lowest BCUT2D eigenvalue weighted by atomic mass is 10.1. The van der Waals surface area contributed by atoms with Gasteiger partial charge in [0.1, 0.15) is 23.2 Å². The maximum atomic E-state index is 11.3. The Hall–Kier alpha value is -3.90. The number of ether oxygens (including phenoxy) is 1. The zero-order chi connectivity index (χ0) is 22.4. The Morgan fingerprint density at radius 3 is 2.48 bits per heavy atom. The number of para-hydroxylation sites is 1. The van der Waals surface area contributed by atoms with E-state index in [1.165, 1.54) is 25.6 Å². The number of carbonyl (C=O) groups excluding carboxylic acids is 2. The third-order valence-electron chi connectivity index (χ3n) is 4.09. The Morgan fingerprint density at radius 2 is 1.84 bits per heavy atom. The molecule has 3 N–H and O–H groups in total. The average molecular weight is 433 g/mol. The Morgan fingerprint density at radius 1 is 1.13 bits per heavy atom. The summed E-state index contributed by atoms with van der Waals surface area (Å²) in [6, 6.07) is 16.2. The van der Waals surface area contributed by atoms with Crippen LogP contribution >= 0.6 is 11.8 Å². The standard InChI is InChI=1S/C22H19N5O3S/c1-13(28)25-17-9-7-15(8-10-17)20-18(11-23)21(24)27-22(26-20)31-12-16-5-3-4-6-19(16)30-14(2)29/h3-10H,12H2,1-2H3,(H,25,28)(H2,24,26,27). The summed E-state index contributed by atoms with van der Waals surface area (Å²) >= 11 is 1.31. The van der Waals surface area contributed by atoms with Gasteiger partial charge in [-0.15, -0.1) is 0 Å². The summed E-state index contributed by atoms with van der Waals surface area (Å²) in [5, 5.41) is 12.6. The number of hydrogen-bond acceptors (Lipinski definition) is 8. The summed E-state index contributed by atoms with van der Waals surface area (Å²) in [7, 11) is 0. The number of nitrogen functional groups attached to an aromatic ring is 1. The van der Waals surface area contributed by atoms with E-state index in [1.54, 1.807) is 36.4 Å². The molecule has 1 aromatic heterocycles. The Balaban J connectivity index is 1.89. The van der Waals surface area contributed by atoms with Gasteiger partial charge in [-0.2, -0.15) is 5.26 Å². The number of nitrogens with two attached hydrogens (primary N) is 1. The number of aromatic nitrogens is 2. The van der Waals surface area contributed by atoms with E-state index < -0.39 is 5.97 Å². The molecule has 0 atom stereocenters. The summed E-state index contributed by atoms with van der Waals surface area (Å²) in [4.78, 5) is 31.3. The van der Waals surface area contributed by atoms with Crippen molar-refractivity contribution in [3.63, 3.8) is 0 Å². The Labute approximate surface area is 183 Å². The SMILES string of the molecule is CC(=O)Nc1ccc(-c2nc(SCc3ccccc3OC(C)=O)nc(N)c2C#N)cc1. The lowest BCUT2D eigenvalue weighted by Gasteiger charge is -2.11. The molecule has 0 spiro atoms. The molecular weight excluding hydrogens is 414 g/mol. The smallest absolute Gasteiger partial charge is 0.308 e. The van der Waals surface area contributed by atoms with Crippen molar-refractivity contribution in [2.75, 3.05) is 11.1 Å². The summed E-state index contributed by atoms with van der Waals surface area (Å²) in [6.45, 7) is 2.77. The van der Waals surface area contributed by atoms with Crippen LogP contribution in [-0.2, 0) is 15.3 Å². The van der Waals surface area contributed by atoms with Gasteiger partial charge < -0.3 is 15.8 Å². The molecule has 0 unspecified atom stereocenters. The first-order valence-electron chi connectivity index (χ1n) is 9.22. The van der Waals surface area contributed by atoms with Crippen LogP contribution in [0.1, 0.15) is 25.0 Å². The van der Waals surface area contributed by atoms with Crippen molar-refractivity contribution >= 4 is 35.1 Å². The van der Waals surface area contributed by atoms with Crippen molar-refractivity contribution < 1.29 is 14.3 Å². The largest absolute Gasteiger partial charge is 0.426 e. The monoisotopic (exact) mass is 433 g/mol. The number of benzene rings is 2. The molecule has 156 valence electrons. The number of nitrogens with zero attached hydrogens (tertiary/aromatic N) is 3. The second-order valence-electron chi connectivity index (χ2n) is 6.48. The normalized spacial score (nSPS) is 10.2. The van der Waals surface area contributed by atoms with Crippen molar-refractivity contribution in [3.05, 3.63) is 59.7 Å². The second kappa shape index (κ2) is 9.73. The summed E-state index contributed by atoms with van der Waals surface area (Å²) in [5.74, 6) is 0.410. The lowest BCUT2D eigenvalue weighted by Crippen LogP contribution is -2.06. The van der Waals surface area contributed by atoms with E-state index >= 15 is 0 Å². The topological polar surface area (TPSA) is 131 Å². The zero-order valence-corrected chi connectivity index (χ0v) is 17.7. The fraction of sp³-hybridized carbons (Fsp3) is 0.136. The first-order valence-corrected chi connectivity index (χ1v) is 10.2. The molecule has 0 radical (unpaired) electrons. The molecule has 1 amide bonds. The molecule has 0 bridgehead atoms. The van der Waals surface area contributed by atoms with Crippen LogP contribution in [0, 0.1) is 11.3 Å². The highest BCUT2D eigenvalue weighted by Crippen LogP contribution is 2.31. The van der Waals surface area contributed by atoms with Gasteiger partial charge in [-0.3, -0.25) is 9.59 Å². The predicted molar refractivity (Wildman–Crippen MR) is 118 cm³/mol. The fourth-order valence-electron chi connectivity index (χ4n) is 2.77. The molecule has 0 aliphatic rings. The van der Waals surface area contributed by atoms with Crippen LogP contribution < -0.4 is 15.8 Å². The summed E-state index contributed by atoms with van der Waals surface area (Å²) in [5.41, 5.74) is 8.70. The number of nitrogens with one attached hydrogen (secondary N) is 1. The molecule has 0 aliphatic heterocycles. The van der Waals surface area contributed by atoms with Crippen molar-refractivity contribution in [1.29, 1.82) is 5.26 Å². The molecule has 3 rings (SSSR count). The van der Waals surface area contributed by atoms with Crippen molar-refractivity contribution in [2.45, 2.75) is 24.8 Å². The highest BCUT2D eigenvalue weighted by molar-refractivity contribution is 7.98. The average Bonchev–Trinajstić information content (AvgIpc) is 2.72. The number of hydrogen-bond donors (Lipinski definition) is 2. The van der Waals surface area contributed by atoms with Gasteiger partial charge in [0.2, 0.25) is 5.91 Å². The first kappa shape index (κ1) is 21.8. The first-order chi connectivity index (χ1) is 14.9. The number of anilines is 2. The predicted octanol–water partition coefficient (Wildman–Crippen LogP) is 3.77. The minimum atomic E-state index is -0.402. The number of amides is 1. The van der Waals surface area contributed by atoms with Gasteiger partial charge in [0.05, 0.1) is 5.69 Å². The third-order valence-corrected chi connectivity index (χ3v) is 4.99. The van der Waals surface area contributed by atoms with E-state index in [4.69, 9.17) is 10.5 Å². The second-order valence-corrected chi connectivity index (χ2v) is 7.42. The summed E-state index contributed by atoms with van der Waals surface area (Å²) < 4.78 is 5.23. The minimum absolute atomic E-state index is 0.0780. The number of rotatable bonds is 6. The van der Waals surface area contributed by atoms with E-state index in [-0.39, 0.29) is 17.3 Å². The van der Waals surface area contributed by atoms with Crippen LogP contribution in [0.5, 0.6) is 5.75 Å². The van der Waals surface area contributed by atoms with E-state index in [2.05, 4.69) is 21.4 Å². The number of nitriles is 1. The van der Waals surface area contributed by atoms with Gasteiger partial charge in [0.15, 0.2) is 5.16 Å². The molecule has 31 heavy (non-hydrogen) atoms. The van der Waals surface area contributed by atoms with Gasteiger partial charge >= 0.3 is 5.97 Å². The highest BCUT2D eigenvalue weighted by atomic mass is 32.2. The highest BCUT2D eigenvalue weighted by Gasteiger charge is 2.15. The molecule has 0 aliphatic carbocycles. The number of carbonyl (C=O) groups is 2. The lowest BCUT2D eigenvalue weighted by molar-refractivity contribution is -0.131. The van der Waals surface area contributed by atoms with Gasteiger partial charge in [0, 0.05) is 36.4 Å². The summed E-state index contributed by atoms with van der Waals surface area (Å²) in [6.07, 6.45) is 0. The van der Waals surface area contributed by atoms with Gasteiger partial charge in [0.25, 0.3) is 0 Å². The number of thioether (sulfide) groups is 1. The van der Waals surface area contributed by atoms with Crippen molar-refractivity contribution in [3.8, 4) is 23.1 Å². The number of esters is 1. The van der Waals surface area contributed by atoms with Crippen molar-refractivity contribution in [1.82, 2.24) is 9.97 Å². The van der Waals surface area contributed by atoms with Crippen LogP contribution in [0.4, 0.5) is 11.5 Å². The van der Waals surface area contributed by atoms with Crippen LogP contribution in [0.2, 0.25) is 0 Å². The Bertz CT molecular complexity index is 1170. The van der Waals surface area contributed by atoms with Gasteiger partial charge in [-0.1, -0.05) is 42.1 Å². The fourth-order valence-corrected chi connectivity index (χ4v) is 3.62. The Kier molecular flexibility index (Phi) is 6.85. The quantitative estimate of drug-likeness (QED) is 0.260. The van der Waals surface area contributed by atoms with Crippen LogP contribution in [0.25, 0.3) is 11.3 Å². The molecule has 0 fully saturated rings. The van der Waals surface area contributed by atoms with E-state index in [1.807, 2.05) is 12.1 Å². The molecule has 9 heteroatoms. The van der Waals surface area contributed by atoms with Crippen LogP contribution in [-0.4, -0.2) is 21.8 Å². The van der Waals surface area contributed by atoms with Gasteiger partial charge in [-0.05, 0) is 18.2 Å². The minimum Gasteiger partial charge on any atom is -0.426 e. The molecule has 1 heterocycles.